The van der Waals surface area contributed by atoms with Crippen LogP contribution in [0.1, 0.15) is 25.3 Å². The summed E-state index contributed by atoms with van der Waals surface area (Å²) in [6, 6.07) is 7.92. The van der Waals surface area contributed by atoms with Crippen molar-refractivity contribution in [2.75, 3.05) is 25.0 Å². The number of benzene rings is 1. The average molecular weight is 262 g/mol. The third kappa shape index (κ3) is 4.33. The zero-order valence-corrected chi connectivity index (χ0v) is 11.4. The van der Waals surface area contributed by atoms with Gasteiger partial charge in [0.1, 0.15) is 0 Å². The van der Waals surface area contributed by atoms with Gasteiger partial charge in [-0.3, -0.25) is 9.69 Å². The standard InChI is InChI=1S/C15H22N2O2/c1-2-12-5-3-6-13(9-12)16-15(19)11-17-8-4-7-14(18)10-17/h3,5-6,9,14,18H,2,4,7-8,10-11H2,1H3,(H,16,19). The van der Waals surface area contributed by atoms with Crippen LogP contribution in [0.15, 0.2) is 24.3 Å². The Morgan fingerprint density at radius 2 is 2.37 bits per heavy atom. The molecule has 4 heteroatoms. The number of nitrogens with one attached hydrogen (secondary N) is 1. The van der Waals surface area contributed by atoms with Crippen LogP contribution in [-0.2, 0) is 11.2 Å². The SMILES string of the molecule is CCc1cccc(NC(=O)CN2CCCC(O)C2)c1. The van der Waals surface area contributed by atoms with Crippen LogP contribution in [0, 0.1) is 0 Å². The van der Waals surface area contributed by atoms with Gasteiger partial charge in [0.2, 0.25) is 5.91 Å². The van der Waals surface area contributed by atoms with Gasteiger partial charge in [-0.2, -0.15) is 0 Å². The predicted octanol–water partition coefficient (Wildman–Crippen LogP) is 1.64. The van der Waals surface area contributed by atoms with E-state index in [1.807, 2.05) is 23.1 Å². The molecule has 1 saturated heterocycles. The summed E-state index contributed by atoms with van der Waals surface area (Å²) in [6.07, 6.45) is 2.48. The molecule has 104 valence electrons. The summed E-state index contributed by atoms with van der Waals surface area (Å²) < 4.78 is 0. The van der Waals surface area contributed by atoms with Crippen LogP contribution in [0.5, 0.6) is 0 Å². The van der Waals surface area contributed by atoms with Crippen molar-refractivity contribution < 1.29 is 9.90 Å². The molecule has 1 aromatic carbocycles. The minimum Gasteiger partial charge on any atom is -0.392 e. The lowest BCUT2D eigenvalue weighted by Gasteiger charge is -2.29. The van der Waals surface area contributed by atoms with Gasteiger partial charge in [0.15, 0.2) is 0 Å². The maximum atomic E-state index is 12.0. The van der Waals surface area contributed by atoms with Gasteiger partial charge in [-0.05, 0) is 43.5 Å². The summed E-state index contributed by atoms with van der Waals surface area (Å²) >= 11 is 0. The molecule has 1 amide bonds. The summed E-state index contributed by atoms with van der Waals surface area (Å²) in [5.41, 5.74) is 2.06. The number of likely N-dealkylation sites (tertiary alicyclic amines) is 1. The van der Waals surface area contributed by atoms with E-state index in [0.29, 0.717) is 13.1 Å². The first-order chi connectivity index (χ1) is 9.17. The van der Waals surface area contributed by atoms with Gasteiger partial charge in [-0.25, -0.2) is 0 Å². The van der Waals surface area contributed by atoms with E-state index in [1.54, 1.807) is 0 Å². The lowest BCUT2D eigenvalue weighted by Crippen LogP contribution is -2.42. The van der Waals surface area contributed by atoms with E-state index < -0.39 is 0 Å². The van der Waals surface area contributed by atoms with Crippen LogP contribution in [0.4, 0.5) is 5.69 Å². The number of piperidine rings is 1. The maximum Gasteiger partial charge on any atom is 0.238 e. The number of aryl methyl sites for hydroxylation is 1. The molecule has 19 heavy (non-hydrogen) atoms. The zero-order chi connectivity index (χ0) is 13.7. The Hall–Kier alpha value is -1.39. The first kappa shape index (κ1) is 14.0. The molecule has 1 unspecified atom stereocenters. The highest BCUT2D eigenvalue weighted by atomic mass is 16.3. The highest BCUT2D eigenvalue weighted by molar-refractivity contribution is 5.92. The van der Waals surface area contributed by atoms with Crippen molar-refractivity contribution in [3.8, 4) is 0 Å². The van der Waals surface area contributed by atoms with Crippen molar-refractivity contribution in [3.05, 3.63) is 29.8 Å². The molecule has 0 saturated carbocycles. The lowest BCUT2D eigenvalue weighted by atomic mass is 10.1. The largest absolute Gasteiger partial charge is 0.392 e. The molecule has 2 N–H and O–H groups in total. The quantitative estimate of drug-likeness (QED) is 0.867. The highest BCUT2D eigenvalue weighted by Crippen LogP contribution is 2.12. The first-order valence-corrected chi connectivity index (χ1v) is 6.96. The van der Waals surface area contributed by atoms with E-state index in [2.05, 4.69) is 18.3 Å². The Labute approximate surface area is 114 Å². The number of carbonyl (C=O) groups excluding carboxylic acids is 1. The molecule has 1 aliphatic rings. The maximum absolute atomic E-state index is 12.0. The number of hydrogen-bond acceptors (Lipinski definition) is 3. The topological polar surface area (TPSA) is 52.6 Å². The summed E-state index contributed by atoms with van der Waals surface area (Å²) in [6.45, 7) is 3.94. The van der Waals surface area contributed by atoms with E-state index in [0.717, 1.165) is 31.5 Å². The zero-order valence-electron chi connectivity index (χ0n) is 11.4. The second kappa shape index (κ2) is 6.68. The van der Waals surface area contributed by atoms with E-state index in [-0.39, 0.29) is 12.0 Å². The summed E-state index contributed by atoms with van der Waals surface area (Å²) in [5, 5.41) is 12.5. The minimum absolute atomic E-state index is 0.0117. The summed E-state index contributed by atoms with van der Waals surface area (Å²) in [4.78, 5) is 14.0. The average Bonchev–Trinajstić information content (AvgIpc) is 2.38. The number of amides is 1. The number of carbonyl (C=O) groups is 1. The Kier molecular flexibility index (Phi) is 4.93. The molecular formula is C15H22N2O2. The van der Waals surface area contributed by atoms with Gasteiger partial charge in [-0.1, -0.05) is 19.1 Å². The first-order valence-electron chi connectivity index (χ1n) is 6.96. The molecule has 0 aliphatic carbocycles. The molecular weight excluding hydrogens is 240 g/mol. The molecule has 0 bridgehead atoms. The number of β-amino-alcohol motifs (C(OH)–C–C–N with tert-alkyl or cyclic N) is 1. The molecule has 2 rings (SSSR count). The molecule has 0 aromatic heterocycles. The van der Waals surface area contributed by atoms with Crippen molar-refractivity contribution in [3.63, 3.8) is 0 Å². The smallest absolute Gasteiger partial charge is 0.238 e. The molecule has 1 aliphatic heterocycles. The lowest BCUT2D eigenvalue weighted by molar-refractivity contribution is -0.118. The number of hydrogen-bond donors (Lipinski definition) is 2. The number of anilines is 1. The Morgan fingerprint density at radius 3 is 3.11 bits per heavy atom. The third-order valence-electron chi connectivity index (χ3n) is 3.47. The number of nitrogens with zero attached hydrogens (tertiary/aromatic N) is 1. The molecule has 1 fully saturated rings. The van der Waals surface area contributed by atoms with Crippen LogP contribution in [0.25, 0.3) is 0 Å². The molecule has 0 radical (unpaired) electrons. The van der Waals surface area contributed by atoms with E-state index >= 15 is 0 Å². The number of rotatable bonds is 4. The van der Waals surface area contributed by atoms with E-state index in [9.17, 15) is 9.90 Å². The van der Waals surface area contributed by atoms with Crippen LogP contribution in [-0.4, -0.2) is 41.7 Å². The molecule has 4 nitrogen and oxygen atoms in total. The van der Waals surface area contributed by atoms with Crippen LogP contribution >= 0.6 is 0 Å². The Balaban J connectivity index is 1.86. The highest BCUT2D eigenvalue weighted by Gasteiger charge is 2.19. The van der Waals surface area contributed by atoms with Crippen LogP contribution in [0.3, 0.4) is 0 Å². The van der Waals surface area contributed by atoms with Gasteiger partial charge in [0.25, 0.3) is 0 Å². The second-order valence-electron chi connectivity index (χ2n) is 5.13. The second-order valence-corrected chi connectivity index (χ2v) is 5.13. The fourth-order valence-corrected chi connectivity index (χ4v) is 2.45. The van der Waals surface area contributed by atoms with Crippen molar-refractivity contribution >= 4 is 11.6 Å². The molecule has 1 heterocycles. The third-order valence-corrected chi connectivity index (χ3v) is 3.47. The Bertz CT molecular complexity index is 434. The number of aliphatic hydroxyl groups is 1. The molecule has 1 aromatic rings. The summed E-state index contributed by atoms with van der Waals surface area (Å²) in [5.74, 6) is -0.0117. The number of aliphatic hydroxyl groups excluding tert-OH is 1. The van der Waals surface area contributed by atoms with Crippen molar-refractivity contribution in [2.24, 2.45) is 0 Å². The van der Waals surface area contributed by atoms with E-state index in [1.165, 1.54) is 5.56 Å². The monoisotopic (exact) mass is 262 g/mol. The minimum atomic E-state index is -0.287. The van der Waals surface area contributed by atoms with Crippen LogP contribution in [0.2, 0.25) is 0 Å². The van der Waals surface area contributed by atoms with E-state index in [4.69, 9.17) is 0 Å². The van der Waals surface area contributed by atoms with Crippen molar-refractivity contribution in [1.29, 1.82) is 0 Å². The summed E-state index contributed by atoms with van der Waals surface area (Å²) in [7, 11) is 0. The molecule has 0 spiro atoms. The fraction of sp³-hybridized carbons (Fsp3) is 0.533. The van der Waals surface area contributed by atoms with Crippen LogP contribution < -0.4 is 5.32 Å². The normalized spacial score (nSPS) is 20.2. The fourth-order valence-electron chi connectivity index (χ4n) is 2.45. The van der Waals surface area contributed by atoms with Gasteiger partial charge in [0, 0.05) is 12.2 Å². The van der Waals surface area contributed by atoms with Gasteiger partial charge < -0.3 is 10.4 Å². The van der Waals surface area contributed by atoms with Gasteiger partial charge in [0.05, 0.1) is 12.6 Å². The van der Waals surface area contributed by atoms with Crippen molar-refractivity contribution in [2.45, 2.75) is 32.3 Å². The van der Waals surface area contributed by atoms with Gasteiger partial charge >= 0.3 is 0 Å². The molecule has 1 atom stereocenters. The van der Waals surface area contributed by atoms with Gasteiger partial charge in [-0.15, -0.1) is 0 Å². The Morgan fingerprint density at radius 1 is 1.53 bits per heavy atom. The van der Waals surface area contributed by atoms with Crippen molar-refractivity contribution in [1.82, 2.24) is 4.90 Å². The predicted molar refractivity (Wildman–Crippen MR) is 76.1 cm³/mol.